The Bertz CT molecular complexity index is 377. The fraction of sp³-hybridized carbons (Fsp3) is 0.500. The Hall–Kier alpha value is -1.56. The molecule has 6 heteroatoms. The monoisotopic (exact) mass is 198 g/mol. The summed E-state index contributed by atoms with van der Waals surface area (Å²) in [5.41, 5.74) is 1.77. The van der Waals surface area contributed by atoms with Crippen LogP contribution in [0.25, 0.3) is 0 Å². The van der Waals surface area contributed by atoms with Gasteiger partial charge in [0.15, 0.2) is 0 Å². The van der Waals surface area contributed by atoms with Crippen molar-refractivity contribution in [3.8, 4) is 0 Å². The molecule has 1 rings (SSSR count). The summed E-state index contributed by atoms with van der Waals surface area (Å²) in [5.74, 6) is 4.52. The van der Waals surface area contributed by atoms with Gasteiger partial charge in [0.25, 0.3) is 5.91 Å². The standard InChI is InChI=1S/C8H14N4O2/c1-6(2)12-4-3-11(8(12)14)5-7(13)10-9/h3-4,6H,5,9H2,1-2H3,(H,10,13). The van der Waals surface area contributed by atoms with Gasteiger partial charge < -0.3 is 0 Å². The molecule has 78 valence electrons. The molecular formula is C8H14N4O2. The molecule has 1 aromatic rings. The van der Waals surface area contributed by atoms with Crippen molar-refractivity contribution >= 4 is 5.91 Å². The van der Waals surface area contributed by atoms with Gasteiger partial charge in [0.2, 0.25) is 0 Å². The van der Waals surface area contributed by atoms with Crippen molar-refractivity contribution in [3.63, 3.8) is 0 Å². The number of nitrogens with two attached hydrogens (primary N) is 1. The minimum Gasteiger partial charge on any atom is -0.297 e. The molecular weight excluding hydrogens is 184 g/mol. The predicted octanol–water partition coefficient (Wildman–Crippen LogP) is -0.779. The second-order valence-corrected chi connectivity index (χ2v) is 3.28. The van der Waals surface area contributed by atoms with Crippen LogP contribution in [0.5, 0.6) is 0 Å². The Labute approximate surface area is 81.3 Å². The third-order valence-electron chi connectivity index (χ3n) is 1.91. The fourth-order valence-electron chi connectivity index (χ4n) is 1.14. The van der Waals surface area contributed by atoms with E-state index < -0.39 is 5.91 Å². The number of amides is 1. The average molecular weight is 198 g/mol. The zero-order valence-corrected chi connectivity index (χ0v) is 8.23. The number of hydrazine groups is 1. The first-order chi connectivity index (χ1) is 6.56. The van der Waals surface area contributed by atoms with Crippen molar-refractivity contribution in [1.82, 2.24) is 14.6 Å². The van der Waals surface area contributed by atoms with Gasteiger partial charge in [-0.2, -0.15) is 0 Å². The third-order valence-corrected chi connectivity index (χ3v) is 1.91. The van der Waals surface area contributed by atoms with Gasteiger partial charge in [-0.05, 0) is 13.8 Å². The van der Waals surface area contributed by atoms with Crippen LogP contribution in [0.2, 0.25) is 0 Å². The number of carbonyl (C=O) groups is 1. The number of carbonyl (C=O) groups excluding carboxylic acids is 1. The van der Waals surface area contributed by atoms with Crippen LogP contribution in [-0.2, 0) is 11.3 Å². The molecule has 0 radical (unpaired) electrons. The van der Waals surface area contributed by atoms with Gasteiger partial charge >= 0.3 is 5.69 Å². The normalized spacial score (nSPS) is 10.6. The van der Waals surface area contributed by atoms with E-state index in [1.807, 2.05) is 19.3 Å². The van der Waals surface area contributed by atoms with Crippen molar-refractivity contribution < 1.29 is 4.79 Å². The lowest BCUT2D eigenvalue weighted by atomic mass is 10.4. The highest BCUT2D eigenvalue weighted by Gasteiger charge is 2.08. The molecule has 3 N–H and O–H groups in total. The summed E-state index contributed by atoms with van der Waals surface area (Å²) in [4.78, 5) is 22.5. The smallest absolute Gasteiger partial charge is 0.297 e. The Morgan fingerprint density at radius 2 is 2.21 bits per heavy atom. The van der Waals surface area contributed by atoms with Gasteiger partial charge in [0.05, 0.1) is 0 Å². The fourth-order valence-corrected chi connectivity index (χ4v) is 1.14. The number of nitrogens with one attached hydrogen (secondary N) is 1. The van der Waals surface area contributed by atoms with Gasteiger partial charge in [0.1, 0.15) is 6.54 Å². The topological polar surface area (TPSA) is 82.1 Å². The summed E-state index contributed by atoms with van der Waals surface area (Å²) in [5, 5.41) is 0. The maximum absolute atomic E-state index is 11.6. The van der Waals surface area contributed by atoms with Crippen molar-refractivity contribution in [2.75, 3.05) is 0 Å². The molecule has 0 fully saturated rings. The summed E-state index contributed by atoms with van der Waals surface area (Å²) in [7, 11) is 0. The Balaban J connectivity index is 2.91. The minimum absolute atomic E-state index is 0.0466. The first-order valence-electron chi connectivity index (χ1n) is 4.33. The molecule has 0 aliphatic rings. The van der Waals surface area contributed by atoms with Gasteiger partial charge in [-0.3, -0.25) is 19.4 Å². The van der Waals surface area contributed by atoms with E-state index in [4.69, 9.17) is 5.84 Å². The van der Waals surface area contributed by atoms with Crippen LogP contribution in [0.4, 0.5) is 0 Å². The van der Waals surface area contributed by atoms with Crippen molar-refractivity contribution in [2.24, 2.45) is 5.84 Å². The van der Waals surface area contributed by atoms with E-state index in [0.717, 1.165) is 0 Å². The molecule has 1 aromatic heterocycles. The molecule has 1 amide bonds. The van der Waals surface area contributed by atoms with E-state index in [0.29, 0.717) is 0 Å². The molecule has 0 saturated heterocycles. The molecule has 1 heterocycles. The summed E-state index contributed by atoms with van der Waals surface area (Å²) in [6.07, 6.45) is 3.22. The van der Waals surface area contributed by atoms with Gasteiger partial charge in [0, 0.05) is 18.4 Å². The molecule has 0 unspecified atom stereocenters. The molecule has 0 spiro atoms. The van der Waals surface area contributed by atoms with E-state index in [1.165, 1.54) is 4.57 Å². The van der Waals surface area contributed by atoms with Crippen molar-refractivity contribution in [2.45, 2.75) is 26.4 Å². The maximum Gasteiger partial charge on any atom is 0.328 e. The quantitative estimate of drug-likeness (QED) is 0.380. The molecule has 0 atom stereocenters. The first kappa shape index (κ1) is 10.5. The molecule has 0 saturated carbocycles. The summed E-state index contributed by atoms with van der Waals surface area (Å²) in [6, 6.07) is 0.0877. The van der Waals surface area contributed by atoms with Crippen LogP contribution in [0, 0.1) is 0 Å². The largest absolute Gasteiger partial charge is 0.328 e. The highest BCUT2D eigenvalue weighted by molar-refractivity contribution is 5.74. The number of aromatic nitrogens is 2. The SMILES string of the molecule is CC(C)n1ccn(CC(=O)NN)c1=O. The number of rotatable bonds is 3. The van der Waals surface area contributed by atoms with E-state index in [2.05, 4.69) is 0 Å². The van der Waals surface area contributed by atoms with Crippen molar-refractivity contribution in [1.29, 1.82) is 0 Å². The van der Waals surface area contributed by atoms with E-state index in [1.54, 1.807) is 17.0 Å². The lowest BCUT2D eigenvalue weighted by Gasteiger charge is -2.04. The molecule has 14 heavy (non-hydrogen) atoms. The molecule has 0 aromatic carbocycles. The molecule has 6 nitrogen and oxygen atoms in total. The maximum atomic E-state index is 11.6. The summed E-state index contributed by atoms with van der Waals surface area (Å²) >= 11 is 0. The summed E-state index contributed by atoms with van der Waals surface area (Å²) in [6.45, 7) is 3.75. The summed E-state index contributed by atoms with van der Waals surface area (Å²) < 4.78 is 2.85. The molecule has 0 aliphatic carbocycles. The molecule has 0 aliphatic heterocycles. The first-order valence-corrected chi connectivity index (χ1v) is 4.33. The van der Waals surface area contributed by atoms with Gasteiger partial charge in [-0.15, -0.1) is 0 Å². The Morgan fingerprint density at radius 1 is 1.57 bits per heavy atom. The molecule has 0 bridgehead atoms. The van der Waals surface area contributed by atoms with E-state index in [9.17, 15) is 9.59 Å². The number of nitrogens with zero attached hydrogens (tertiary/aromatic N) is 2. The van der Waals surface area contributed by atoms with Crippen LogP contribution in [0.15, 0.2) is 17.2 Å². The number of hydrogen-bond donors (Lipinski definition) is 2. The van der Waals surface area contributed by atoms with Gasteiger partial charge in [-0.25, -0.2) is 10.6 Å². The minimum atomic E-state index is -0.395. The number of imidazole rings is 1. The predicted molar refractivity (Wildman–Crippen MR) is 51.4 cm³/mol. The number of hydrogen-bond acceptors (Lipinski definition) is 3. The zero-order valence-electron chi connectivity index (χ0n) is 8.23. The highest BCUT2D eigenvalue weighted by atomic mass is 16.2. The van der Waals surface area contributed by atoms with Crippen molar-refractivity contribution in [3.05, 3.63) is 22.9 Å². The third kappa shape index (κ3) is 2.02. The van der Waals surface area contributed by atoms with E-state index >= 15 is 0 Å². The average Bonchev–Trinajstić information content (AvgIpc) is 2.48. The van der Waals surface area contributed by atoms with Crippen LogP contribution >= 0.6 is 0 Å². The van der Waals surface area contributed by atoms with Crippen LogP contribution in [0.3, 0.4) is 0 Å². The highest BCUT2D eigenvalue weighted by Crippen LogP contribution is 1.98. The van der Waals surface area contributed by atoms with Crippen LogP contribution in [-0.4, -0.2) is 15.0 Å². The lowest BCUT2D eigenvalue weighted by Crippen LogP contribution is -2.36. The van der Waals surface area contributed by atoms with Crippen LogP contribution < -0.4 is 17.0 Å². The Kier molecular flexibility index (Phi) is 3.08. The lowest BCUT2D eigenvalue weighted by molar-refractivity contribution is -0.121. The van der Waals surface area contributed by atoms with Crippen LogP contribution in [0.1, 0.15) is 19.9 Å². The van der Waals surface area contributed by atoms with E-state index in [-0.39, 0.29) is 18.3 Å². The zero-order chi connectivity index (χ0) is 10.7. The second-order valence-electron chi connectivity index (χ2n) is 3.28. The second kappa shape index (κ2) is 4.10. The Morgan fingerprint density at radius 3 is 2.64 bits per heavy atom. The van der Waals surface area contributed by atoms with Gasteiger partial charge in [-0.1, -0.05) is 0 Å².